The molecule has 0 aliphatic heterocycles. The second-order valence-corrected chi connectivity index (χ2v) is 8.16. The smallest absolute Gasteiger partial charge is 0.339 e. The molecule has 8 heteroatoms. The normalized spacial score (nSPS) is 10.6. The SMILES string of the molecule is COC(=O)c1ccccc1NC(=O)CSc1nnc(-c2ccccc2)n1-c1ccc(C)cc1. The Bertz CT molecular complexity index is 1270. The maximum atomic E-state index is 12.7. The van der Waals surface area contributed by atoms with Gasteiger partial charge >= 0.3 is 5.97 Å². The fourth-order valence-corrected chi connectivity index (χ4v) is 4.01. The molecule has 0 spiro atoms. The van der Waals surface area contributed by atoms with E-state index in [1.807, 2.05) is 66.1 Å². The molecular weight excluding hydrogens is 436 g/mol. The van der Waals surface area contributed by atoms with Crippen molar-refractivity contribution in [3.05, 3.63) is 90.0 Å². The summed E-state index contributed by atoms with van der Waals surface area (Å²) in [6.07, 6.45) is 0. The van der Waals surface area contributed by atoms with Crippen molar-refractivity contribution in [2.24, 2.45) is 0 Å². The van der Waals surface area contributed by atoms with Gasteiger partial charge in [0.25, 0.3) is 0 Å². The molecule has 1 amide bonds. The number of hydrogen-bond donors (Lipinski definition) is 1. The van der Waals surface area contributed by atoms with Crippen LogP contribution in [0.4, 0.5) is 5.69 Å². The number of carbonyl (C=O) groups excluding carboxylic acids is 2. The lowest BCUT2D eigenvalue weighted by atomic mass is 10.2. The van der Waals surface area contributed by atoms with Crippen molar-refractivity contribution >= 4 is 29.3 Å². The van der Waals surface area contributed by atoms with Gasteiger partial charge in [0.1, 0.15) is 0 Å². The third-order valence-electron chi connectivity index (χ3n) is 4.90. The number of thioether (sulfide) groups is 1. The Morgan fingerprint density at radius 3 is 2.36 bits per heavy atom. The minimum atomic E-state index is -0.509. The Balaban J connectivity index is 1.58. The number of amides is 1. The molecule has 0 aliphatic carbocycles. The highest BCUT2D eigenvalue weighted by molar-refractivity contribution is 7.99. The molecule has 0 bridgehead atoms. The number of nitrogens with zero attached hydrogens (tertiary/aromatic N) is 3. The predicted octanol–water partition coefficient (Wildman–Crippen LogP) is 4.76. The van der Waals surface area contributed by atoms with Crippen LogP contribution >= 0.6 is 11.8 Å². The van der Waals surface area contributed by atoms with E-state index < -0.39 is 5.97 Å². The molecule has 0 saturated carbocycles. The molecule has 33 heavy (non-hydrogen) atoms. The highest BCUT2D eigenvalue weighted by Gasteiger charge is 2.18. The highest BCUT2D eigenvalue weighted by Crippen LogP contribution is 2.28. The average molecular weight is 459 g/mol. The zero-order chi connectivity index (χ0) is 23.2. The minimum absolute atomic E-state index is 0.0916. The third-order valence-corrected chi connectivity index (χ3v) is 5.83. The molecule has 3 aromatic carbocycles. The highest BCUT2D eigenvalue weighted by atomic mass is 32.2. The Morgan fingerprint density at radius 1 is 0.939 bits per heavy atom. The predicted molar refractivity (Wildman–Crippen MR) is 129 cm³/mol. The standard InChI is InChI=1S/C25H22N4O3S/c1-17-12-14-19(15-13-17)29-23(18-8-4-3-5-9-18)27-28-25(29)33-16-22(30)26-21-11-7-6-10-20(21)24(31)32-2/h3-15H,16H2,1-2H3,(H,26,30). The van der Waals surface area contributed by atoms with E-state index in [2.05, 4.69) is 15.5 Å². The molecular formula is C25H22N4O3S. The van der Waals surface area contributed by atoms with Crippen molar-refractivity contribution in [2.45, 2.75) is 12.1 Å². The van der Waals surface area contributed by atoms with Crippen molar-refractivity contribution in [3.63, 3.8) is 0 Å². The first kappa shape index (κ1) is 22.3. The van der Waals surface area contributed by atoms with Crippen molar-refractivity contribution in [1.29, 1.82) is 0 Å². The Labute approximate surface area is 195 Å². The second kappa shape index (κ2) is 10.1. The number of rotatable bonds is 7. The van der Waals surface area contributed by atoms with Crippen molar-refractivity contribution in [3.8, 4) is 17.1 Å². The van der Waals surface area contributed by atoms with Crippen LogP contribution in [0.3, 0.4) is 0 Å². The van der Waals surface area contributed by atoms with Gasteiger partial charge in [0.05, 0.1) is 24.1 Å². The van der Waals surface area contributed by atoms with Gasteiger partial charge in [-0.1, -0.05) is 71.9 Å². The van der Waals surface area contributed by atoms with Gasteiger partial charge in [-0.15, -0.1) is 10.2 Å². The van der Waals surface area contributed by atoms with E-state index in [0.29, 0.717) is 22.2 Å². The van der Waals surface area contributed by atoms with E-state index in [-0.39, 0.29) is 11.7 Å². The number of nitrogens with one attached hydrogen (secondary N) is 1. The van der Waals surface area contributed by atoms with Crippen LogP contribution in [0, 0.1) is 6.92 Å². The summed E-state index contributed by atoms with van der Waals surface area (Å²) in [5.41, 5.74) is 3.68. The molecule has 0 aliphatic rings. The lowest BCUT2D eigenvalue weighted by Crippen LogP contribution is -2.17. The van der Waals surface area contributed by atoms with Crippen molar-refractivity contribution in [1.82, 2.24) is 14.8 Å². The molecule has 1 heterocycles. The van der Waals surface area contributed by atoms with E-state index in [4.69, 9.17) is 4.74 Å². The van der Waals surface area contributed by atoms with Crippen LogP contribution < -0.4 is 5.32 Å². The number of para-hydroxylation sites is 1. The molecule has 4 rings (SSSR count). The number of aryl methyl sites for hydroxylation is 1. The van der Waals surface area contributed by atoms with Crippen LogP contribution in [0.15, 0.2) is 84.0 Å². The lowest BCUT2D eigenvalue weighted by molar-refractivity contribution is -0.113. The van der Waals surface area contributed by atoms with Crippen LogP contribution in [0.1, 0.15) is 15.9 Å². The van der Waals surface area contributed by atoms with Gasteiger partial charge in [-0.3, -0.25) is 9.36 Å². The summed E-state index contributed by atoms with van der Waals surface area (Å²) in [4.78, 5) is 24.6. The van der Waals surface area contributed by atoms with Gasteiger partial charge < -0.3 is 10.1 Å². The number of carbonyl (C=O) groups is 2. The van der Waals surface area contributed by atoms with Gasteiger partial charge in [-0.05, 0) is 31.2 Å². The molecule has 166 valence electrons. The zero-order valence-corrected chi connectivity index (χ0v) is 19.0. The van der Waals surface area contributed by atoms with Gasteiger partial charge in [0.2, 0.25) is 5.91 Å². The average Bonchev–Trinajstić information content (AvgIpc) is 3.27. The van der Waals surface area contributed by atoms with E-state index in [0.717, 1.165) is 16.8 Å². The van der Waals surface area contributed by atoms with Gasteiger partial charge in [-0.25, -0.2) is 4.79 Å². The Hall–Kier alpha value is -3.91. The monoisotopic (exact) mass is 458 g/mol. The first-order valence-electron chi connectivity index (χ1n) is 10.2. The first-order chi connectivity index (χ1) is 16.1. The molecule has 0 atom stereocenters. The Kier molecular flexibility index (Phi) is 6.85. The van der Waals surface area contributed by atoms with Crippen molar-refractivity contribution < 1.29 is 14.3 Å². The molecule has 1 N–H and O–H groups in total. The number of anilines is 1. The van der Waals surface area contributed by atoms with Gasteiger partial charge in [0, 0.05) is 11.3 Å². The number of aromatic nitrogens is 3. The van der Waals surface area contributed by atoms with E-state index in [1.165, 1.54) is 18.9 Å². The molecule has 4 aromatic rings. The van der Waals surface area contributed by atoms with Crippen LogP contribution in [0.25, 0.3) is 17.1 Å². The summed E-state index contributed by atoms with van der Waals surface area (Å²) < 4.78 is 6.73. The summed E-state index contributed by atoms with van der Waals surface area (Å²) in [7, 11) is 1.30. The third kappa shape index (κ3) is 5.12. The van der Waals surface area contributed by atoms with E-state index >= 15 is 0 Å². The maximum Gasteiger partial charge on any atom is 0.339 e. The number of methoxy groups -OCH3 is 1. The van der Waals surface area contributed by atoms with E-state index in [1.54, 1.807) is 24.3 Å². The summed E-state index contributed by atoms with van der Waals surface area (Å²) in [5, 5.41) is 12.1. The molecule has 0 unspecified atom stereocenters. The largest absolute Gasteiger partial charge is 0.465 e. The molecule has 0 fully saturated rings. The molecule has 1 aromatic heterocycles. The zero-order valence-electron chi connectivity index (χ0n) is 18.2. The maximum absolute atomic E-state index is 12.7. The minimum Gasteiger partial charge on any atom is -0.465 e. The summed E-state index contributed by atoms with van der Waals surface area (Å²) in [6, 6.07) is 24.6. The van der Waals surface area contributed by atoms with Crippen LogP contribution in [-0.4, -0.2) is 39.5 Å². The number of esters is 1. The quantitative estimate of drug-likeness (QED) is 0.317. The van der Waals surface area contributed by atoms with Gasteiger partial charge in [-0.2, -0.15) is 0 Å². The van der Waals surface area contributed by atoms with Crippen LogP contribution in [-0.2, 0) is 9.53 Å². The van der Waals surface area contributed by atoms with Gasteiger partial charge in [0.15, 0.2) is 11.0 Å². The molecule has 0 saturated heterocycles. The van der Waals surface area contributed by atoms with E-state index in [9.17, 15) is 9.59 Å². The summed E-state index contributed by atoms with van der Waals surface area (Å²) in [5.74, 6) is 0.00789. The molecule has 0 radical (unpaired) electrons. The first-order valence-corrected chi connectivity index (χ1v) is 11.2. The Morgan fingerprint density at radius 2 is 1.64 bits per heavy atom. The van der Waals surface area contributed by atoms with Crippen LogP contribution in [0.2, 0.25) is 0 Å². The fraction of sp³-hybridized carbons (Fsp3) is 0.120. The topological polar surface area (TPSA) is 86.1 Å². The number of benzene rings is 3. The molecule has 7 nitrogen and oxygen atoms in total. The number of ether oxygens (including phenoxy) is 1. The fourth-order valence-electron chi connectivity index (χ4n) is 3.26. The summed E-state index contributed by atoms with van der Waals surface area (Å²) in [6.45, 7) is 2.03. The summed E-state index contributed by atoms with van der Waals surface area (Å²) >= 11 is 1.27. The van der Waals surface area contributed by atoms with Crippen molar-refractivity contribution in [2.75, 3.05) is 18.2 Å². The lowest BCUT2D eigenvalue weighted by Gasteiger charge is -2.11. The second-order valence-electron chi connectivity index (χ2n) is 7.22. The van der Waals surface area contributed by atoms with Crippen LogP contribution in [0.5, 0.6) is 0 Å². The number of hydrogen-bond acceptors (Lipinski definition) is 6.